The van der Waals surface area contributed by atoms with Crippen molar-refractivity contribution >= 4 is 22.7 Å². The highest BCUT2D eigenvalue weighted by Gasteiger charge is 2.10. The summed E-state index contributed by atoms with van der Waals surface area (Å²) in [4.78, 5) is 4.96. The van der Waals surface area contributed by atoms with Crippen molar-refractivity contribution in [2.24, 2.45) is 0 Å². The van der Waals surface area contributed by atoms with Crippen molar-refractivity contribution in [1.29, 1.82) is 0 Å². The highest BCUT2D eigenvalue weighted by Crippen LogP contribution is 2.40. The summed E-state index contributed by atoms with van der Waals surface area (Å²) in [5.41, 5.74) is 2.34. The Morgan fingerprint density at radius 3 is 1.05 bits per heavy atom. The number of ether oxygens (including phenoxy) is 8. The molecule has 4 rings (SSSR count). The molecule has 10 heteroatoms. The van der Waals surface area contributed by atoms with Crippen LogP contribution in [0.25, 0.3) is 30.6 Å². The van der Waals surface area contributed by atoms with Gasteiger partial charge in [-0.05, 0) is 83.9 Å². The molecular weight excluding hydrogens is 601 g/mol. The first-order chi connectivity index (χ1) is 21.8. The van der Waals surface area contributed by atoms with Gasteiger partial charge < -0.3 is 37.9 Å². The van der Waals surface area contributed by atoms with E-state index < -0.39 is 0 Å². The maximum Gasteiger partial charge on any atom is 0.119 e. The standard InChI is InChI=1S/C34H42O8S2/c1-35-15-17-37-19-21-39-23-25-41-29-7-3-27(4-8-29)31-11-13-33(43-31)34-14-12-32(44-34)28-5-9-30(10-6-28)42-26-24-40-22-20-38-18-16-36-2/h3-14H,15-26H2,1-2H3. The van der Waals surface area contributed by atoms with E-state index in [9.17, 15) is 0 Å². The zero-order valence-corrected chi connectivity index (χ0v) is 27.1. The molecule has 0 spiro atoms. The van der Waals surface area contributed by atoms with Crippen molar-refractivity contribution in [1.82, 2.24) is 0 Å². The number of thiophene rings is 2. The Bertz CT molecular complexity index is 1200. The van der Waals surface area contributed by atoms with Crippen LogP contribution in [0.3, 0.4) is 0 Å². The molecule has 2 aromatic carbocycles. The summed E-state index contributed by atoms with van der Waals surface area (Å²) in [6.07, 6.45) is 0. The molecule has 0 bridgehead atoms. The van der Waals surface area contributed by atoms with E-state index in [-0.39, 0.29) is 0 Å². The molecule has 8 nitrogen and oxygen atoms in total. The second-order valence-electron chi connectivity index (χ2n) is 9.51. The highest BCUT2D eigenvalue weighted by molar-refractivity contribution is 7.25. The molecule has 0 aliphatic carbocycles. The SMILES string of the molecule is COCCOCCOCCOc1ccc(-c2ccc(-c3ccc(-c4ccc(OCCOCCOCCOC)cc4)s3)s2)cc1. The number of rotatable bonds is 23. The summed E-state index contributed by atoms with van der Waals surface area (Å²) in [6.45, 7) is 6.60. The smallest absolute Gasteiger partial charge is 0.119 e. The lowest BCUT2D eigenvalue weighted by Crippen LogP contribution is -2.12. The van der Waals surface area contributed by atoms with Crippen molar-refractivity contribution in [3.63, 3.8) is 0 Å². The van der Waals surface area contributed by atoms with Crippen LogP contribution in [0.1, 0.15) is 0 Å². The molecule has 0 radical (unpaired) electrons. The molecule has 0 atom stereocenters. The Hall–Kier alpha value is -2.80. The molecule has 0 saturated carbocycles. The molecule has 2 aromatic heterocycles. The van der Waals surface area contributed by atoms with Gasteiger partial charge in [0.15, 0.2) is 0 Å². The Morgan fingerprint density at radius 2 is 0.682 bits per heavy atom. The molecule has 4 aromatic rings. The lowest BCUT2D eigenvalue weighted by Gasteiger charge is -2.08. The minimum absolute atomic E-state index is 0.499. The second-order valence-corrected chi connectivity index (χ2v) is 11.7. The fourth-order valence-electron chi connectivity index (χ4n) is 4.05. The molecule has 0 saturated heterocycles. The summed E-state index contributed by atoms with van der Waals surface area (Å²) >= 11 is 3.59. The van der Waals surface area contributed by atoms with E-state index in [1.807, 2.05) is 24.3 Å². The molecule has 0 unspecified atom stereocenters. The molecule has 0 aliphatic heterocycles. The van der Waals surface area contributed by atoms with Crippen LogP contribution in [0.2, 0.25) is 0 Å². The van der Waals surface area contributed by atoms with Crippen molar-refractivity contribution in [2.45, 2.75) is 0 Å². The number of methoxy groups -OCH3 is 2. The summed E-state index contributed by atoms with van der Waals surface area (Å²) in [7, 11) is 3.32. The molecule has 2 heterocycles. The third-order valence-corrected chi connectivity index (χ3v) is 8.80. The average molecular weight is 643 g/mol. The molecule has 0 N–H and O–H groups in total. The summed E-state index contributed by atoms with van der Waals surface area (Å²) in [5, 5.41) is 0. The van der Waals surface area contributed by atoms with E-state index in [4.69, 9.17) is 37.9 Å². The summed E-state index contributed by atoms with van der Waals surface area (Å²) in [5.74, 6) is 1.66. The van der Waals surface area contributed by atoms with Crippen LogP contribution in [-0.2, 0) is 28.4 Å². The van der Waals surface area contributed by atoms with Crippen LogP contribution in [0, 0.1) is 0 Å². The maximum absolute atomic E-state index is 5.81. The van der Waals surface area contributed by atoms with Crippen LogP contribution in [0.4, 0.5) is 0 Å². The normalized spacial score (nSPS) is 11.2. The quantitative estimate of drug-likeness (QED) is 0.0807. The minimum atomic E-state index is 0.499. The van der Waals surface area contributed by atoms with E-state index in [0.29, 0.717) is 79.3 Å². The van der Waals surface area contributed by atoms with E-state index in [1.165, 1.54) is 30.6 Å². The zero-order chi connectivity index (χ0) is 30.7. The van der Waals surface area contributed by atoms with Gasteiger partial charge in [0.05, 0.1) is 66.1 Å². The Balaban J connectivity index is 1.17. The Labute approximate surface area is 268 Å². The minimum Gasteiger partial charge on any atom is -0.491 e. The van der Waals surface area contributed by atoms with Crippen LogP contribution in [-0.4, -0.2) is 93.5 Å². The van der Waals surface area contributed by atoms with Crippen LogP contribution in [0.15, 0.2) is 72.8 Å². The van der Waals surface area contributed by atoms with Gasteiger partial charge in [-0.1, -0.05) is 0 Å². The van der Waals surface area contributed by atoms with Gasteiger partial charge in [-0.2, -0.15) is 0 Å². The van der Waals surface area contributed by atoms with Gasteiger partial charge in [0.1, 0.15) is 24.7 Å². The predicted molar refractivity (Wildman–Crippen MR) is 177 cm³/mol. The van der Waals surface area contributed by atoms with Crippen molar-refractivity contribution < 1.29 is 37.9 Å². The van der Waals surface area contributed by atoms with Gasteiger partial charge in [0.2, 0.25) is 0 Å². The van der Waals surface area contributed by atoms with Gasteiger partial charge in [-0.25, -0.2) is 0 Å². The Kier molecular flexibility index (Phi) is 15.7. The molecule has 0 fully saturated rings. The van der Waals surface area contributed by atoms with Gasteiger partial charge in [-0.15, -0.1) is 22.7 Å². The first-order valence-electron chi connectivity index (χ1n) is 14.7. The van der Waals surface area contributed by atoms with E-state index in [0.717, 1.165) is 11.5 Å². The van der Waals surface area contributed by atoms with Crippen molar-refractivity contribution in [3.8, 4) is 42.1 Å². The number of benzene rings is 2. The van der Waals surface area contributed by atoms with E-state index in [2.05, 4.69) is 48.5 Å². The van der Waals surface area contributed by atoms with Crippen LogP contribution >= 0.6 is 22.7 Å². The van der Waals surface area contributed by atoms with Gasteiger partial charge in [0, 0.05) is 33.7 Å². The van der Waals surface area contributed by atoms with E-state index in [1.54, 1.807) is 36.9 Å². The van der Waals surface area contributed by atoms with Crippen LogP contribution in [0.5, 0.6) is 11.5 Å². The lowest BCUT2D eigenvalue weighted by molar-refractivity contribution is 0.0180. The zero-order valence-electron chi connectivity index (χ0n) is 25.5. The topological polar surface area (TPSA) is 73.8 Å². The number of hydrogen-bond acceptors (Lipinski definition) is 10. The first kappa shape index (κ1) is 34.1. The van der Waals surface area contributed by atoms with Gasteiger partial charge >= 0.3 is 0 Å². The summed E-state index contributed by atoms with van der Waals surface area (Å²) < 4.78 is 43.3. The van der Waals surface area contributed by atoms with E-state index >= 15 is 0 Å². The fraction of sp³-hybridized carbons (Fsp3) is 0.412. The molecule has 0 aliphatic rings. The van der Waals surface area contributed by atoms with Gasteiger partial charge in [-0.3, -0.25) is 0 Å². The van der Waals surface area contributed by atoms with Gasteiger partial charge in [0.25, 0.3) is 0 Å². The molecule has 44 heavy (non-hydrogen) atoms. The first-order valence-corrected chi connectivity index (χ1v) is 16.4. The third-order valence-electron chi connectivity index (χ3n) is 6.33. The second kappa shape index (κ2) is 20.3. The number of hydrogen-bond donors (Lipinski definition) is 0. The third kappa shape index (κ3) is 11.9. The monoisotopic (exact) mass is 642 g/mol. The summed E-state index contributed by atoms with van der Waals surface area (Å²) in [6, 6.07) is 25.2. The highest BCUT2D eigenvalue weighted by atomic mass is 32.1. The maximum atomic E-state index is 5.81. The Morgan fingerprint density at radius 1 is 0.364 bits per heavy atom. The molecular formula is C34H42O8S2. The van der Waals surface area contributed by atoms with Crippen LogP contribution < -0.4 is 9.47 Å². The largest absolute Gasteiger partial charge is 0.491 e. The van der Waals surface area contributed by atoms with Crippen molar-refractivity contribution in [2.75, 3.05) is 93.5 Å². The fourth-order valence-corrected chi connectivity index (χ4v) is 6.16. The predicted octanol–water partition coefficient (Wildman–Crippen LogP) is 6.93. The van der Waals surface area contributed by atoms with Crippen molar-refractivity contribution in [3.05, 3.63) is 72.8 Å². The molecule has 238 valence electrons. The average Bonchev–Trinajstić information content (AvgIpc) is 3.75. The molecule has 0 amide bonds. The lowest BCUT2D eigenvalue weighted by atomic mass is 10.2.